The third-order valence-corrected chi connectivity index (χ3v) is 6.20. The number of halogens is 1. The summed E-state index contributed by atoms with van der Waals surface area (Å²) >= 11 is 5.87. The fourth-order valence-corrected chi connectivity index (χ4v) is 4.28. The van der Waals surface area contributed by atoms with E-state index in [1.807, 2.05) is 4.72 Å². The molecular formula is C19H22ClN3O4S. The second-order valence-electron chi connectivity index (χ2n) is 6.82. The van der Waals surface area contributed by atoms with Gasteiger partial charge in [0.05, 0.1) is 12.7 Å². The van der Waals surface area contributed by atoms with Crippen molar-refractivity contribution in [3.05, 3.63) is 47.1 Å². The first-order chi connectivity index (χ1) is 13.3. The molecule has 0 radical (unpaired) electrons. The van der Waals surface area contributed by atoms with Gasteiger partial charge in [-0.05, 0) is 49.1 Å². The third-order valence-electron chi connectivity index (χ3n) is 4.65. The highest BCUT2D eigenvalue weighted by Crippen LogP contribution is 2.24. The van der Waals surface area contributed by atoms with Crippen LogP contribution < -0.4 is 14.4 Å². The maximum Gasteiger partial charge on any atom is 0.268 e. The number of rotatable bonds is 5. The molecule has 1 atom stereocenters. The number of nitrogens with one attached hydrogen (secondary N) is 1. The number of piperidine rings is 1. The van der Waals surface area contributed by atoms with Crippen molar-refractivity contribution in [3.8, 4) is 5.75 Å². The van der Waals surface area contributed by atoms with Crippen molar-refractivity contribution in [2.75, 3.05) is 25.1 Å². The Morgan fingerprint density at radius 3 is 2.75 bits per heavy atom. The van der Waals surface area contributed by atoms with Crippen LogP contribution in [0.3, 0.4) is 0 Å². The molecule has 1 amide bonds. The van der Waals surface area contributed by atoms with Gasteiger partial charge in [-0.1, -0.05) is 18.5 Å². The number of carbonyl (C=O) groups excluding carboxylic acids is 1. The lowest BCUT2D eigenvalue weighted by molar-refractivity contribution is 0.0978. The van der Waals surface area contributed by atoms with Gasteiger partial charge in [-0.3, -0.25) is 4.79 Å². The zero-order valence-electron chi connectivity index (χ0n) is 15.7. The Labute approximate surface area is 169 Å². The van der Waals surface area contributed by atoms with Crippen molar-refractivity contribution in [3.63, 3.8) is 0 Å². The number of methoxy groups -OCH3 is 1. The first kappa shape index (κ1) is 20.4. The molecule has 2 aromatic rings. The molecule has 1 aliphatic heterocycles. The van der Waals surface area contributed by atoms with Crippen molar-refractivity contribution in [2.24, 2.45) is 5.92 Å². The summed E-state index contributed by atoms with van der Waals surface area (Å²) in [6.07, 6.45) is 3.54. The van der Waals surface area contributed by atoms with E-state index in [4.69, 9.17) is 16.3 Å². The predicted molar refractivity (Wildman–Crippen MR) is 108 cm³/mol. The molecular weight excluding hydrogens is 402 g/mol. The largest absolute Gasteiger partial charge is 0.496 e. The van der Waals surface area contributed by atoms with E-state index in [9.17, 15) is 13.2 Å². The van der Waals surface area contributed by atoms with Crippen molar-refractivity contribution in [2.45, 2.75) is 24.7 Å². The Kier molecular flexibility index (Phi) is 6.10. The van der Waals surface area contributed by atoms with Crippen LogP contribution in [0.1, 0.15) is 30.1 Å². The van der Waals surface area contributed by atoms with Crippen LogP contribution in [-0.2, 0) is 10.0 Å². The summed E-state index contributed by atoms with van der Waals surface area (Å²) in [5, 5.41) is 0.378. The van der Waals surface area contributed by atoms with E-state index in [1.54, 1.807) is 6.07 Å². The van der Waals surface area contributed by atoms with Crippen LogP contribution in [0.15, 0.2) is 41.4 Å². The van der Waals surface area contributed by atoms with E-state index in [2.05, 4.69) is 16.8 Å². The van der Waals surface area contributed by atoms with Gasteiger partial charge in [0.2, 0.25) is 0 Å². The van der Waals surface area contributed by atoms with Crippen molar-refractivity contribution in [1.29, 1.82) is 0 Å². The van der Waals surface area contributed by atoms with E-state index in [1.165, 1.54) is 44.0 Å². The van der Waals surface area contributed by atoms with Gasteiger partial charge >= 0.3 is 0 Å². The molecule has 0 bridgehead atoms. The van der Waals surface area contributed by atoms with Gasteiger partial charge in [0, 0.05) is 24.3 Å². The first-order valence-corrected chi connectivity index (χ1v) is 10.8. The maximum absolute atomic E-state index is 12.6. The molecule has 150 valence electrons. The highest BCUT2D eigenvalue weighted by molar-refractivity contribution is 7.90. The molecule has 0 spiro atoms. The second-order valence-corrected chi connectivity index (χ2v) is 8.94. The molecule has 7 nitrogen and oxygen atoms in total. The van der Waals surface area contributed by atoms with Gasteiger partial charge in [0.25, 0.3) is 15.9 Å². The van der Waals surface area contributed by atoms with E-state index in [0.717, 1.165) is 25.3 Å². The van der Waals surface area contributed by atoms with Gasteiger partial charge in [0.15, 0.2) is 0 Å². The van der Waals surface area contributed by atoms with Gasteiger partial charge in [-0.25, -0.2) is 18.1 Å². The topological polar surface area (TPSA) is 88.6 Å². The molecule has 9 heteroatoms. The van der Waals surface area contributed by atoms with Gasteiger partial charge in [-0.15, -0.1) is 0 Å². The molecule has 0 saturated carbocycles. The Bertz CT molecular complexity index is 964. The molecule has 1 N–H and O–H groups in total. The van der Waals surface area contributed by atoms with Crippen molar-refractivity contribution in [1.82, 2.24) is 9.71 Å². The summed E-state index contributed by atoms with van der Waals surface area (Å²) in [6, 6.07) is 7.46. The number of sulfonamides is 1. The monoisotopic (exact) mass is 423 g/mol. The Morgan fingerprint density at radius 2 is 2.11 bits per heavy atom. The van der Waals surface area contributed by atoms with Crippen LogP contribution in [0.5, 0.6) is 5.75 Å². The minimum absolute atomic E-state index is 0.0716. The summed E-state index contributed by atoms with van der Waals surface area (Å²) in [4.78, 5) is 18.8. The lowest BCUT2D eigenvalue weighted by Gasteiger charge is -2.31. The average molecular weight is 424 g/mol. The van der Waals surface area contributed by atoms with Crippen LogP contribution in [0.25, 0.3) is 0 Å². The summed E-state index contributed by atoms with van der Waals surface area (Å²) in [7, 11) is -2.69. The number of hydrogen-bond donors (Lipinski definition) is 1. The molecule has 1 saturated heterocycles. The average Bonchev–Trinajstić information content (AvgIpc) is 2.67. The smallest absolute Gasteiger partial charge is 0.268 e. The Morgan fingerprint density at radius 1 is 1.32 bits per heavy atom. The Balaban J connectivity index is 1.76. The summed E-state index contributed by atoms with van der Waals surface area (Å²) in [5.74, 6) is 0.694. The highest BCUT2D eigenvalue weighted by Gasteiger charge is 2.23. The number of pyridine rings is 1. The fourth-order valence-electron chi connectivity index (χ4n) is 3.20. The van der Waals surface area contributed by atoms with Crippen molar-refractivity contribution < 1.29 is 17.9 Å². The van der Waals surface area contributed by atoms with Crippen LogP contribution >= 0.6 is 11.6 Å². The quantitative estimate of drug-likeness (QED) is 0.794. The normalized spacial score (nSPS) is 17.2. The molecule has 3 rings (SSSR count). The van der Waals surface area contributed by atoms with Crippen LogP contribution in [0.2, 0.25) is 5.02 Å². The van der Waals surface area contributed by atoms with Gasteiger partial charge in [0.1, 0.15) is 16.5 Å². The number of carbonyl (C=O) groups is 1. The highest BCUT2D eigenvalue weighted by atomic mass is 35.5. The molecule has 28 heavy (non-hydrogen) atoms. The van der Waals surface area contributed by atoms with Gasteiger partial charge < -0.3 is 9.64 Å². The SMILES string of the molecule is COc1cc(Cl)ccc1C(=O)NS(=O)(=O)c1ccc(N2CCCC(C)C2)nc1. The van der Waals surface area contributed by atoms with E-state index in [-0.39, 0.29) is 16.2 Å². The molecule has 1 aromatic heterocycles. The molecule has 0 aliphatic carbocycles. The number of amides is 1. The molecule has 1 aliphatic rings. The number of anilines is 1. The fraction of sp³-hybridized carbons (Fsp3) is 0.368. The van der Waals surface area contributed by atoms with Crippen molar-refractivity contribution >= 4 is 33.3 Å². The minimum Gasteiger partial charge on any atom is -0.496 e. The standard InChI is InChI=1S/C19H22ClN3O4S/c1-13-4-3-9-23(12-13)18-8-6-15(11-21-18)28(25,26)22-19(24)16-7-5-14(20)10-17(16)27-2/h5-8,10-11,13H,3-4,9,12H2,1-2H3,(H,22,24). The zero-order chi connectivity index (χ0) is 20.3. The van der Waals surface area contributed by atoms with E-state index >= 15 is 0 Å². The summed E-state index contributed by atoms with van der Waals surface area (Å²) < 4.78 is 32.3. The first-order valence-electron chi connectivity index (χ1n) is 8.92. The van der Waals surface area contributed by atoms with E-state index in [0.29, 0.717) is 10.9 Å². The number of ether oxygens (including phenoxy) is 1. The number of nitrogens with zero attached hydrogens (tertiary/aromatic N) is 2. The predicted octanol–water partition coefficient (Wildman–Crippen LogP) is 3.10. The lowest BCUT2D eigenvalue weighted by Crippen LogP contribution is -2.35. The second kappa shape index (κ2) is 8.36. The van der Waals surface area contributed by atoms with Gasteiger partial charge in [-0.2, -0.15) is 0 Å². The maximum atomic E-state index is 12.6. The van der Waals surface area contributed by atoms with Crippen LogP contribution in [0.4, 0.5) is 5.82 Å². The summed E-state index contributed by atoms with van der Waals surface area (Å²) in [6.45, 7) is 3.98. The molecule has 1 fully saturated rings. The third kappa shape index (κ3) is 4.56. The number of aromatic nitrogens is 1. The zero-order valence-corrected chi connectivity index (χ0v) is 17.3. The van der Waals surface area contributed by atoms with E-state index < -0.39 is 15.9 Å². The summed E-state index contributed by atoms with van der Waals surface area (Å²) in [5.41, 5.74) is 0.0716. The minimum atomic E-state index is -4.07. The molecule has 2 heterocycles. The Hall–Kier alpha value is -2.32. The van der Waals surface area contributed by atoms with Crippen LogP contribution in [0, 0.1) is 5.92 Å². The number of hydrogen-bond acceptors (Lipinski definition) is 6. The molecule has 1 aromatic carbocycles. The van der Waals surface area contributed by atoms with Crippen LogP contribution in [-0.4, -0.2) is 39.5 Å². The molecule has 1 unspecified atom stereocenters. The number of benzene rings is 1. The lowest BCUT2D eigenvalue weighted by atomic mass is 10.0.